The van der Waals surface area contributed by atoms with E-state index in [0.29, 0.717) is 36.0 Å². The largest absolute Gasteiger partial charge is 0.490 e. The van der Waals surface area contributed by atoms with E-state index in [1.165, 1.54) is 22.1 Å². The zero-order valence-corrected chi connectivity index (χ0v) is 20.6. The summed E-state index contributed by atoms with van der Waals surface area (Å²) in [6.45, 7) is 6.86. The van der Waals surface area contributed by atoms with Gasteiger partial charge in [0, 0.05) is 0 Å². The lowest BCUT2D eigenvalue weighted by molar-refractivity contribution is -0.122. The molecule has 0 saturated carbocycles. The third kappa shape index (κ3) is 5.41. The molecule has 1 saturated heterocycles. The number of ether oxygens (including phenoxy) is 2. The predicted molar refractivity (Wildman–Crippen MR) is 141 cm³/mol. The molecule has 0 atom stereocenters. The van der Waals surface area contributed by atoms with Crippen LogP contribution < -0.4 is 19.7 Å². The van der Waals surface area contributed by atoms with E-state index in [2.05, 4.69) is 31.3 Å². The molecule has 0 radical (unpaired) electrons. The first-order valence-electron chi connectivity index (χ1n) is 11.3. The Morgan fingerprint density at radius 3 is 2.40 bits per heavy atom. The molecule has 0 aromatic heterocycles. The molecule has 178 valence electrons. The molecular weight excluding hydrogens is 460 g/mol. The van der Waals surface area contributed by atoms with Crippen LogP contribution in [0.15, 0.2) is 72.3 Å². The van der Waals surface area contributed by atoms with Crippen molar-refractivity contribution in [2.45, 2.75) is 27.4 Å². The van der Waals surface area contributed by atoms with E-state index in [9.17, 15) is 9.59 Å². The van der Waals surface area contributed by atoms with Crippen molar-refractivity contribution in [2.24, 2.45) is 0 Å². The van der Waals surface area contributed by atoms with Crippen LogP contribution in [0.1, 0.15) is 29.2 Å². The van der Waals surface area contributed by atoms with Crippen molar-refractivity contribution in [2.75, 3.05) is 11.5 Å². The second-order valence-electron chi connectivity index (χ2n) is 8.14. The summed E-state index contributed by atoms with van der Waals surface area (Å²) in [5.41, 5.74) is 4.69. The van der Waals surface area contributed by atoms with Gasteiger partial charge in [-0.15, -0.1) is 0 Å². The summed E-state index contributed by atoms with van der Waals surface area (Å²) < 4.78 is 11.8. The first-order valence-corrected chi connectivity index (χ1v) is 11.7. The number of benzene rings is 3. The van der Waals surface area contributed by atoms with E-state index in [4.69, 9.17) is 21.7 Å². The van der Waals surface area contributed by atoms with Gasteiger partial charge in [0.1, 0.15) is 12.2 Å². The van der Waals surface area contributed by atoms with Gasteiger partial charge in [-0.1, -0.05) is 42.5 Å². The topological polar surface area (TPSA) is 67.9 Å². The van der Waals surface area contributed by atoms with E-state index in [1.807, 2.05) is 19.1 Å². The minimum absolute atomic E-state index is 0.0197. The predicted octanol–water partition coefficient (Wildman–Crippen LogP) is 5.11. The van der Waals surface area contributed by atoms with Gasteiger partial charge in [-0.25, -0.2) is 0 Å². The molecule has 0 unspecified atom stereocenters. The SMILES string of the molecule is CCOc1cc(/C=C2/C(=O)NC(=S)N(c3ccccc3)C2=O)ccc1OCc1ccc(C)c(C)c1. The molecular formula is C28H26N2O4S. The fraction of sp³-hybridized carbons (Fsp3) is 0.179. The van der Waals surface area contributed by atoms with Gasteiger partial charge in [-0.05, 0) is 85.6 Å². The first kappa shape index (κ1) is 24.2. The third-order valence-corrected chi connectivity index (χ3v) is 5.94. The summed E-state index contributed by atoms with van der Waals surface area (Å²) in [7, 11) is 0. The molecule has 6 nitrogen and oxygen atoms in total. The smallest absolute Gasteiger partial charge is 0.270 e. The zero-order valence-electron chi connectivity index (χ0n) is 19.8. The number of carbonyl (C=O) groups excluding carboxylic acids is 2. The number of rotatable bonds is 7. The normalized spacial score (nSPS) is 14.8. The maximum atomic E-state index is 13.2. The molecule has 1 aliphatic heterocycles. The molecule has 1 heterocycles. The van der Waals surface area contributed by atoms with Crippen molar-refractivity contribution in [1.29, 1.82) is 0 Å². The Kier molecular flexibility index (Phi) is 7.27. The van der Waals surface area contributed by atoms with E-state index in [-0.39, 0.29) is 10.7 Å². The number of hydrogen-bond acceptors (Lipinski definition) is 5. The summed E-state index contributed by atoms with van der Waals surface area (Å²) >= 11 is 5.25. The molecule has 2 amide bonds. The highest BCUT2D eigenvalue weighted by molar-refractivity contribution is 7.80. The number of thiocarbonyl (C=S) groups is 1. The lowest BCUT2D eigenvalue weighted by Crippen LogP contribution is -2.54. The van der Waals surface area contributed by atoms with Crippen molar-refractivity contribution in [3.05, 3.63) is 94.6 Å². The standard InChI is InChI=1S/C28H26N2O4S/c1-4-33-25-16-20(12-13-24(25)34-17-21-11-10-18(2)19(3)14-21)15-23-26(31)29-28(35)30(27(23)32)22-8-6-5-7-9-22/h5-16H,4,17H2,1-3H3,(H,29,31,35)/b23-15-. The molecule has 0 spiro atoms. The highest BCUT2D eigenvalue weighted by Crippen LogP contribution is 2.31. The minimum atomic E-state index is -0.541. The maximum Gasteiger partial charge on any atom is 0.270 e. The van der Waals surface area contributed by atoms with Gasteiger partial charge in [0.2, 0.25) is 0 Å². The molecule has 0 bridgehead atoms. The molecule has 3 aromatic carbocycles. The second kappa shape index (κ2) is 10.5. The van der Waals surface area contributed by atoms with Gasteiger partial charge in [0.25, 0.3) is 11.8 Å². The fourth-order valence-corrected chi connectivity index (χ4v) is 3.97. The lowest BCUT2D eigenvalue weighted by atomic mass is 10.1. The number of nitrogens with zero attached hydrogens (tertiary/aromatic N) is 1. The van der Waals surface area contributed by atoms with Gasteiger partial charge < -0.3 is 9.47 Å². The number of aryl methyl sites for hydroxylation is 2. The lowest BCUT2D eigenvalue weighted by Gasteiger charge is -2.28. The average Bonchev–Trinajstić information content (AvgIpc) is 2.84. The highest BCUT2D eigenvalue weighted by Gasteiger charge is 2.34. The molecule has 1 fully saturated rings. The van der Waals surface area contributed by atoms with Gasteiger partial charge in [0.15, 0.2) is 16.6 Å². The van der Waals surface area contributed by atoms with Gasteiger partial charge in [-0.2, -0.15) is 0 Å². The number of nitrogens with one attached hydrogen (secondary N) is 1. The van der Waals surface area contributed by atoms with Gasteiger partial charge >= 0.3 is 0 Å². The van der Waals surface area contributed by atoms with Crippen LogP contribution in [0.4, 0.5) is 5.69 Å². The average molecular weight is 487 g/mol. The van der Waals surface area contributed by atoms with Crippen LogP contribution in [0.3, 0.4) is 0 Å². The Balaban J connectivity index is 1.60. The maximum absolute atomic E-state index is 13.2. The molecule has 7 heteroatoms. The van der Waals surface area contributed by atoms with Crippen molar-refractivity contribution in [3.63, 3.8) is 0 Å². The monoisotopic (exact) mass is 486 g/mol. The Morgan fingerprint density at radius 1 is 0.914 bits per heavy atom. The Labute approximate surface area is 210 Å². The van der Waals surface area contributed by atoms with Crippen molar-refractivity contribution >= 4 is 40.9 Å². The van der Waals surface area contributed by atoms with E-state index in [0.717, 1.165) is 5.56 Å². The van der Waals surface area contributed by atoms with Crippen LogP contribution >= 0.6 is 12.2 Å². The first-order chi connectivity index (χ1) is 16.9. The molecule has 4 rings (SSSR count). The zero-order chi connectivity index (χ0) is 24.9. The number of anilines is 1. The highest BCUT2D eigenvalue weighted by atomic mass is 32.1. The number of para-hydroxylation sites is 1. The third-order valence-electron chi connectivity index (χ3n) is 5.66. The van der Waals surface area contributed by atoms with Crippen molar-refractivity contribution < 1.29 is 19.1 Å². The van der Waals surface area contributed by atoms with E-state index >= 15 is 0 Å². The quantitative estimate of drug-likeness (QED) is 0.286. The molecule has 3 aromatic rings. The molecule has 1 N–H and O–H groups in total. The number of carbonyl (C=O) groups is 2. The minimum Gasteiger partial charge on any atom is -0.490 e. The van der Waals surface area contributed by atoms with Crippen molar-refractivity contribution in [3.8, 4) is 11.5 Å². The van der Waals surface area contributed by atoms with Crippen LogP contribution in [-0.2, 0) is 16.2 Å². The number of amides is 2. The summed E-state index contributed by atoms with van der Waals surface area (Å²) in [5, 5.41) is 2.65. The summed E-state index contributed by atoms with van der Waals surface area (Å²) in [6.07, 6.45) is 1.53. The van der Waals surface area contributed by atoms with Gasteiger partial charge in [0.05, 0.1) is 12.3 Å². The molecule has 0 aliphatic carbocycles. The summed E-state index contributed by atoms with van der Waals surface area (Å²) in [4.78, 5) is 27.1. The van der Waals surface area contributed by atoms with Crippen LogP contribution in [0.2, 0.25) is 0 Å². The number of hydrogen-bond donors (Lipinski definition) is 1. The van der Waals surface area contributed by atoms with Crippen LogP contribution in [-0.4, -0.2) is 23.5 Å². The Bertz CT molecular complexity index is 1320. The molecule has 1 aliphatic rings. The Morgan fingerprint density at radius 2 is 1.69 bits per heavy atom. The molecule has 35 heavy (non-hydrogen) atoms. The summed E-state index contributed by atoms with van der Waals surface area (Å²) in [6, 6.07) is 20.5. The Hall–Kier alpha value is -3.97. The van der Waals surface area contributed by atoms with Crippen LogP contribution in [0, 0.1) is 13.8 Å². The van der Waals surface area contributed by atoms with E-state index < -0.39 is 11.8 Å². The van der Waals surface area contributed by atoms with Crippen LogP contribution in [0.25, 0.3) is 6.08 Å². The van der Waals surface area contributed by atoms with Crippen molar-refractivity contribution in [1.82, 2.24) is 5.32 Å². The summed E-state index contributed by atoms with van der Waals surface area (Å²) in [5.74, 6) is 0.0849. The van der Waals surface area contributed by atoms with Gasteiger partial charge in [-0.3, -0.25) is 19.8 Å². The van der Waals surface area contributed by atoms with Crippen LogP contribution in [0.5, 0.6) is 11.5 Å². The van der Waals surface area contributed by atoms with E-state index in [1.54, 1.807) is 42.5 Å². The fourth-order valence-electron chi connectivity index (χ4n) is 3.69. The second-order valence-corrected chi connectivity index (χ2v) is 8.53.